The van der Waals surface area contributed by atoms with E-state index in [1.54, 1.807) is 23.7 Å². The molecule has 0 fully saturated rings. The van der Waals surface area contributed by atoms with Gasteiger partial charge in [0.1, 0.15) is 6.61 Å². The van der Waals surface area contributed by atoms with Gasteiger partial charge >= 0.3 is 0 Å². The van der Waals surface area contributed by atoms with Crippen LogP contribution < -0.4 is 0 Å². The molecular formula is C17H14N2O2S. The van der Waals surface area contributed by atoms with Gasteiger partial charge in [-0.3, -0.25) is 9.78 Å². The van der Waals surface area contributed by atoms with Gasteiger partial charge in [-0.2, -0.15) is 0 Å². The molecule has 0 saturated heterocycles. The lowest BCUT2D eigenvalue weighted by molar-refractivity contribution is -0.128. The largest absolute Gasteiger partial charge is 0.467 e. The molecule has 0 radical (unpaired) electrons. The van der Waals surface area contributed by atoms with Crippen LogP contribution in [-0.2, 0) is 9.53 Å². The number of carbonyl (C=O) groups is 1. The molecule has 2 aromatic heterocycles. The maximum atomic E-state index is 10.6. The van der Waals surface area contributed by atoms with Crippen molar-refractivity contribution in [3.63, 3.8) is 0 Å². The Kier molecular flexibility index (Phi) is 4.56. The van der Waals surface area contributed by atoms with E-state index in [-0.39, 0.29) is 12.5 Å². The molecule has 1 unspecified atom stereocenters. The first-order valence-electron chi connectivity index (χ1n) is 6.84. The summed E-state index contributed by atoms with van der Waals surface area (Å²) in [4.78, 5) is 20.2. The van der Waals surface area contributed by atoms with Crippen molar-refractivity contribution in [2.45, 2.75) is 5.92 Å². The summed E-state index contributed by atoms with van der Waals surface area (Å²) in [6.45, 7) is 0.771. The van der Waals surface area contributed by atoms with Gasteiger partial charge in [-0.25, -0.2) is 4.98 Å². The van der Waals surface area contributed by atoms with Gasteiger partial charge < -0.3 is 4.74 Å². The summed E-state index contributed by atoms with van der Waals surface area (Å²) < 4.78 is 5.04. The summed E-state index contributed by atoms with van der Waals surface area (Å²) in [6, 6.07) is 13.9. The molecule has 1 aromatic carbocycles. The molecule has 1 atom stereocenters. The van der Waals surface area contributed by atoms with Crippen molar-refractivity contribution in [1.29, 1.82) is 0 Å². The SMILES string of the molecule is O=COCC(c1ccncc1)c1scnc1-c1ccccc1. The van der Waals surface area contributed by atoms with Crippen LogP contribution in [0.15, 0.2) is 60.4 Å². The van der Waals surface area contributed by atoms with Crippen molar-refractivity contribution >= 4 is 17.8 Å². The molecule has 4 nitrogen and oxygen atoms in total. The first kappa shape index (κ1) is 14.4. The first-order chi connectivity index (χ1) is 10.9. The topological polar surface area (TPSA) is 52.1 Å². The Morgan fingerprint density at radius 1 is 1.14 bits per heavy atom. The lowest BCUT2D eigenvalue weighted by Crippen LogP contribution is -2.09. The molecule has 0 saturated carbocycles. The first-order valence-corrected chi connectivity index (χ1v) is 7.72. The zero-order valence-electron chi connectivity index (χ0n) is 11.8. The van der Waals surface area contributed by atoms with Crippen LogP contribution in [0.4, 0.5) is 0 Å². The zero-order valence-corrected chi connectivity index (χ0v) is 12.6. The summed E-state index contributed by atoms with van der Waals surface area (Å²) in [5, 5.41) is 0. The Hall–Kier alpha value is -2.53. The number of thiazole rings is 1. The third kappa shape index (κ3) is 3.04. The Labute approximate surface area is 132 Å². The molecule has 2 heterocycles. The molecule has 0 aliphatic carbocycles. The number of hydrogen-bond donors (Lipinski definition) is 0. The number of benzene rings is 1. The summed E-state index contributed by atoms with van der Waals surface area (Å²) in [7, 11) is 0. The van der Waals surface area contributed by atoms with Crippen LogP contribution in [0.1, 0.15) is 16.4 Å². The van der Waals surface area contributed by atoms with E-state index in [9.17, 15) is 4.79 Å². The van der Waals surface area contributed by atoms with Gasteiger partial charge in [0.25, 0.3) is 6.47 Å². The van der Waals surface area contributed by atoms with Crippen LogP contribution in [0.3, 0.4) is 0 Å². The third-order valence-electron chi connectivity index (χ3n) is 3.40. The summed E-state index contributed by atoms with van der Waals surface area (Å²) in [5.74, 6) is -0.0455. The summed E-state index contributed by atoms with van der Waals surface area (Å²) in [5.41, 5.74) is 4.87. The Balaban J connectivity index is 2.02. The van der Waals surface area contributed by atoms with Gasteiger partial charge in [0.15, 0.2) is 0 Å². The molecular weight excluding hydrogens is 296 g/mol. The van der Waals surface area contributed by atoms with E-state index in [2.05, 4.69) is 9.97 Å². The second kappa shape index (κ2) is 6.95. The molecule has 0 N–H and O–H groups in total. The van der Waals surface area contributed by atoms with E-state index in [0.29, 0.717) is 6.47 Å². The smallest absolute Gasteiger partial charge is 0.293 e. The average Bonchev–Trinajstić information content (AvgIpc) is 3.06. The molecule has 0 spiro atoms. The quantitative estimate of drug-likeness (QED) is 0.654. The maximum Gasteiger partial charge on any atom is 0.293 e. The molecule has 0 aliphatic rings. The number of ether oxygens (including phenoxy) is 1. The predicted octanol–water partition coefficient (Wildman–Crippen LogP) is 3.51. The third-order valence-corrected chi connectivity index (χ3v) is 4.34. The van der Waals surface area contributed by atoms with Crippen LogP contribution in [0.5, 0.6) is 0 Å². The minimum absolute atomic E-state index is 0.0455. The highest BCUT2D eigenvalue weighted by Gasteiger charge is 2.21. The van der Waals surface area contributed by atoms with Crippen LogP contribution in [-0.4, -0.2) is 23.0 Å². The second-order valence-corrected chi connectivity index (χ2v) is 5.58. The van der Waals surface area contributed by atoms with Crippen molar-refractivity contribution in [3.8, 4) is 11.3 Å². The molecule has 3 aromatic rings. The number of pyridine rings is 1. The molecule has 0 aliphatic heterocycles. The molecule has 22 heavy (non-hydrogen) atoms. The Morgan fingerprint density at radius 2 is 1.91 bits per heavy atom. The molecule has 110 valence electrons. The minimum Gasteiger partial charge on any atom is -0.467 e. The van der Waals surface area contributed by atoms with Gasteiger partial charge in [-0.15, -0.1) is 11.3 Å². The number of hydrogen-bond acceptors (Lipinski definition) is 5. The molecule has 5 heteroatoms. The van der Waals surface area contributed by atoms with Crippen molar-refractivity contribution in [2.75, 3.05) is 6.61 Å². The lowest BCUT2D eigenvalue weighted by Gasteiger charge is -2.16. The van der Waals surface area contributed by atoms with E-state index in [0.717, 1.165) is 21.7 Å². The number of nitrogens with zero attached hydrogens (tertiary/aromatic N) is 2. The highest BCUT2D eigenvalue weighted by Crippen LogP contribution is 2.35. The van der Waals surface area contributed by atoms with Crippen LogP contribution in [0.25, 0.3) is 11.3 Å². The predicted molar refractivity (Wildman–Crippen MR) is 85.6 cm³/mol. The van der Waals surface area contributed by atoms with Gasteiger partial charge in [0, 0.05) is 22.8 Å². The van der Waals surface area contributed by atoms with Crippen molar-refractivity contribution in [2.24, 2.45) is 0 Å². The van der Waals surface area contributed by atoms with Gasteiger partial charge in [0.05, 0.1) is 17.1 Å². The fourth-order valence-corrected chi connectivity index (χ4v) is 3.29. The van der Waals surface area contributed by atoms with Crippen LogP contribution in [0, 0.1) is 0 Å². The van der Waals surface area contributed by atoms with E-state index >= 15 is 0 Å². The number of rotatable bonds is 6. The molecule has 0 amide bonds. The summed E-state index contributed by atoms with van der Waals surface area (Å²) in [6.07, 6.45) is 3.49. The Bertz CT molecular complexity index is 729. The summed E-state index contributed by atoms with van der Waals surface area (Å²) >= 11 is 1.57. The Morgan fingerprint density at radius 3 is 2.64 bits per heavy atom. The monoisotopic (exact) mass is 310 g/mol. The number of carbonyl (C=O) groups excluding carboxylic acids is 1. The van der Waals surface area contributed by atoms with Crippen molar-refractivity contribution < 1.29 is 9.53 Å². The second-order valence-electron chi connectivity index (χ2n) is 4.69. The number of aromatic nitrogens is 2. The van der Waals surface area contributed by atoms with Crippen molar-refractivity contribution in [1.82, 2.24) is 9.97 Å². The average molecular weight is 310 g/mol. The van der Waals surface area contributed by atoms with Crippen LogP contribution in [0.2, 0.25) is 0 Å². The lowest BCUT2D eigenvalue weighted by atomic mass is 9.96. The van der Waals surface area contributed by atoms with Gasteiger partial charge in [-0.05, 0) is 17.7 Å². The maximum absolute atomic E-state index is 10.6. The normalized spacial score (nSPS) is 11.8. The highest BCUT2D eigenvalue weighted by molar-refractivity contribution is 7.10. The van der Waals surface area contributed by atoms with Crippen LogP contribution >= 0.6 is 11.3 Å². The van der Waals surface area contributed by atoms with E-state index in [1.807, 2.05) is 48.0 Å². The van der Waals surface area contributed by atoms with E-state index in [1.165, 1.54) is 0 Å². The molecule has 0 bridgehead atoms. The van der Waals surface area contributed by atoms with E-state index in [4.69, 9.17) is 4.74 Å². The minimum atomic E-state index is -0.0455. The standard InChI is InChI=1S/C17H14N2O2S/c20-12-21-10-15(13-6-8-18-9-7-13)17-16(19-11-22-17)14-4-2-1-3-5-14/h1-9,11-12,15H,10H2. The fourth-order valence-electron chi connectivity index (χ4n) is 2.37. The highest BCUT2D eigenvalue weighted by atomic mass is 32.1. The van der Waals surface area contributed by atoms with Crippen molar-refractivity contribution in [3.05, 3.63) is 70.8 Å². The van der Waals surface area contributed by atoms with Gasteiger partial charge in [-0.1, -0.05) is 30.3 Å². The fraction of sp³-hybridized carbons (Fsp3) is 0.118. The molecule has 3 rings (SSSR count). The van der Waals surface area contributed by atoms with Gasteiger partial charge in [0.2, 0.25) is 0 Å². The zero-order chi connectivity index (χ0) is 15.2. The van der Waals surface area contributed by atoms with E-state index < -0.39 is 0 Å².